The molecule has 0 unspecified atom stereocenters. The van der Waals surface area contributed by atoms with Crippen LogP contribution in [0, 0.1) is 4.91 Å². The average Bonchev–Trinajstić information content (AvgIpc) is 3.02. The number of amidine groups is 1. The lowest BCUT2D eigenvalue weighted by Gasteiger charge is -2.22. The SMILES string of the molecule is CCCN(CCC)C(=O)C1=Cc2ccc(-c3ccc(C(=O)N=O)cc3)cc2N=C(N=NN)C1. The van der Waals surface area contributed by atoms with E-state index in [9.17, 15) is 14.5 Å². The van der Waals surface area contributed by atoms with Crippen LogP contribution in [0.25, 0.3) is 17.2 Å². The molecule has 2 aromatic carbocycles. The summed E-state index contributed by atoms with van der Waals surface area (Å²) in [7, 11) is 0. The Labute approximate surface area is 192 Å². The third-order valence-corrected chi connectivity index (χ3v) is 5.23. The maximum Gasteiger partial charge on any atom is 0.316 e. The molecule has 0 aromatic heterocycles. The van der Waals surface area contributed by atoms with E-state index >= 15 is 0 Å². The lowest BCUT2D eigenvalue weighted by Crippen LogP contribution is -2.34. The van der Waals surface area contributed by atoms with E-state index in [-0.39, 0.29) is 17.9 Å². The van der Waals surface area contributed by atoms with Crippen LogP contribution in [0.1, 0.15) is 49.0 Å². The van der Waals surface area contributed by atoms with Gasteiger partial charge in [0, 0.05) is 41.4 Å². The summed E-state index contributed by atoms with van der Waals surface area (Å²) in [6, 6.07) is 12.2. The van der Waals surface area contributed by atoms with Gasteiger partial charge in [-0.2, -0.15) is 0 Å². The quantitative estimate of drug-likeness (QED) is 0.276. The standard InChI is InChI=1S/C24H26N6O3/c1-3-11-30(12-4-2)24(32)20-13-19-10-9-18(14-21(19)26-22(15-20)27-29-25)16-5-7-17(8-6-16)23(31)28-33/h5-10,13-14H,3-4,11-12,15H2,1-2H3,(H2,25,26,27). The number of carbonyl (C=O) groups excluding carboxylic acids is 2. The highest BCUT2D eigenvalue weighted by atomic mass is 16.3. The van der Waals surface area contributed by atoms with E-state index in [1.165, 1.54) is 0 Å². The van der Waals surface area contributed by atoms with E-state index in [1.807, 2.05) is 43.0 Å². The molecule has 2 aromatic rings. The fourth-order valence-electron chi connectivity index (χ4n) is 3.71. The first kappa shape index (κ1) is 23.6. The zero-order valence-corrected chi connectivity index (χ0v) is 18.7. The smallest absolute Gasteiger partial charge is 0.316 e. The number of amides is 2. The Hall–Kier alpha value is -4.01. The molecule has 170 valence electrons. The first-order valence-corrected chi connectivity index (χ1v) is 10.8. The second-order valence-electron chi connectivity index (χ2n) is 7.63. The Morgan fingerprint density at radius 3 is 2.30 bits per heavy atom. The van der Waals surface area contributed by atoms with Gasteiger partial charge in [-0.1, -0.05) is 43.3 Å². The summed E-state index contributed by atoms with van der Waals surface area (Å²) in [5.74, 6) is 4.77. The molecule has 0 aliphatic carbocycles. The van der Waals surface area contributed by atoms with E-state index in [4.69, 9.17) is 5.84 Å². The topological polar surface area (TPSA) is 130 Å². The van der Waals surface area contributed by atoms with E-state index < -0.39 is 5.91 Å². The first-order chi connectivity index (χ1) is 16.0. The van der Waals surface area contributed by atoms with Crippen molar-refractivity contribution in [1.82, 2.24) is 4.90 Å². The average molecular weight is 447 g/mol. The third-order valence-electron chi connectivity index (χ3n) is 5.23. The van der Waals surface area contributed by atoms with Crippen molar-refractivity contribution in [3.05, 3.63) is 64.1 Å². The number of nitrogens with zero attached hydrogens (tertiary/aromatic N) is 5. The lowest BCUT2D eigenvalue weighted by atomic mass is 10.00. The minimum atomic E-state index is -0.813. The molecular formula is C24H26N6O3. The monoisotopic (exact) mass is 446 g/mol. The van der Waals surface area contributed by atoms with Gasteiger partial charge < -0.3 is 10.7 Å². The van der Waals surface area contributed by atoms with Gasteiger partial charge in [0.2, 0.25) is 5.91 Å². The van der Waals surface area contributed by atoms with E-state index in [0.29, 0.717) is 30.2 Å². The molecule has 9 nitrogen and oxygen atoms in total. The number of nitrogens with two attached hydrogens (primary N) is 1. The number of aliphatic imine (C=N–C) groups is 1. The molecule has 0 spiro atoms. The number of hydrogen-bond donors (Lipinski definition) is 1. The van der Waals surface area contributed by atoms with Gasteiger partial charge in [0.1, 0.15) is 0 Å². The van der Waals surface area contributed by atoms with Crippen LogP contribution in [0.5, 0.6) is 0 Å². The van der Waals surface area contributed by atoms with Crippen LogP contribution in [0.2, 0.25) is 0 Å². The molecule has 0 atom stereocenters. The third kappa shape index (κ3) is 5.62. The van der Waals surface area contributed by atoms with Crippen LogP contribution in [-0.2, 0) is 4.79 Å². The van der Waals surface area contributed by atoms with Gasteiger partial charge in [-0.25, -0.2) is 4.99 Å². The Kier molecular flexibility index (Phi) is 7.91. The van der Waals surface area contributed by atoms with Gasteiger partial charge >= 0.3 is 5.91 Å². The van der Waals surface area contributed by atoms with Crippen molar-refractivity contribution in [1.29, 1.82) is 0 Å². The Morgan fingerprint density at radius 1 is 1.03 bits per heavy atom. The van der Waals surface area contributed by atoms with Crippen LogP contribution in [0.15, 0.2) is 68.5 Å². The molecular weight excluding hydrogens is 420 g/mol. The minimum absolute atomic E-state index is 0.0420. The number of carbonyl (C=O) groups is 2. The van der Waals surface area contributed by atoms with Gasteiger partial charge in [-0.3, -0.25) is 9.59 Å². The van der Waals surface area contributed by atoms with Crippen molar-refractivity contribution in [2.75, 3.05) is 13.1 Å². The molecule has 0 radical (unpaired) electrons. The van der Waals surface area contributed by atoms with Gasteiger partial charge in [-0.05, 0) is 48.2 Å². The summed E-state index contributed by atoms with van der Waals surface area (Å²) in [5.41, 5.74) is 3.90. The molecule has 2 N–H and O–H groups in total. The van der Waals surface area contributed by atoms with Crippen molar-refractivity contribution in [2.45, 2.75) is 33.1 Å². The maximum absolute atomic E-state index is 13.2. The predicted molar refractivity (Wildman–Crippen MR) is 128 cm³/mol. The number of hydrogen-bond acceptors (Lipinski definition) is 6. The zero-order valence-electron chi connectivity index (χ0n) is 18.7. The summed E-state index contributed by atoms with van der Waals surface area (Å²) >= 11 is 0. The number of rotatable bonds is 7. The first-order valence-electron chi connectivity index (χ1n) is 10.8. The van der Waals surface area contributed by atoms with Crippen LogP contribution in [-0.4, -0.2) is 35.6 Å². The van der Waals surface area contributed by atoms with E-state index in [2.05, 4.69) is 20.5 Å². The minimum Gasteiger partial charge on any atom is -0.339 e. The Balaban J connectivity index is 2.01. The van der Waals surface area contributed by atoms with Crippen molar-refractivity contribution in [2.24, 2.45) is 26.3 Å². The number of fused-ring (bicyclic) bond motifs is 1. The largest absolute Gasteiger partial charge is 0.339 e. The second-order valence-corrected chi connectivity index (χ2v) is 7.63. The summed E-state index contributed by atoms with van der Waals surface area (Å²) < 4.78 is 0. The maximum atomic E-state index is 13.2. The fraction of sp³-hybridized carbons (Fsp3) is 0.292. The molecule has 3 rings (SSSR count). The van der Waals surface area contributed by atoms with Crippen molar-refractivity contribution in [3.8, 4) is 11.1 Å². The normalized spacial score (nSPS) is 13.0. The van der Waals surface area contributed by atoms with Gasteiger partial charge in [-0.15, -0.1) is 10.0 Å². The summed E-state index contributed by atoms with van der Waals surface area (Å²) in [6.07, 6.45) is 3.81. The highest BCUT2D eigenvalue weighted by molar-refractivity contribution is 6.06. The molecule has 0 fully saturated rings. The molecule has 1 aliphatic heterocycles. The van der Waals surface area contributed by atoms with E-state index in [0.717, 1.165) is 29.5 Å². The van der Waals surface area contributed by atoms with Gasteiger partial charge in [0.25, 0.3) is 0 Å². The van der Waals surface area contributed by atoms with Crippen LogP contribution in [0.3, 0.4) is 0 Å². The summed E-state index contributed by atoms with van der Waals surface area (Å²) in [5, 5.41) is 9.75. The number of nitroso groups, excluding NO2 is 1. The molecule has 0 bridgehead atoms. The van der Waals surface area contributed by atoms with Crippen LogP contribution in [0.4, 0.5) is 5.69 Å². The molecule has 0 saturated heterocycles. The second kappa shape index (κ2) is 11.0. The van der Waals surface area contributed by atoms with Gasteiger partial charge in [0.15, 0.2) is 5.84 Å². The van der Waals surface area contributed by atoms with Crippen LogP contribution >= 0.6 is 0 Å². The van der Waals surface area contributed by atoms with Crippen molar-refractivity contribution in [3.63, 3.8) is 0 Å². The highest BCUT2D eigenvalue weighted by Crippen LogP contribution is 2.33. The summed E-state index contributed by atoms with van der Waals surface area (Å²) in [4.78, 5) is 41.6. The Bertz CT molecular complexity index is 1130. The zero-order chi connectivity index (χ0) is 23.8. The fourth-order valence-corrected chi connectivity index (χ4v) is 3.71. The van der Waals surface area contributed by atoms with Crippen molar-refractivity contribution < 1.29 is 9.59 Å². The molecule has 1 aliphatic rings. The lowest BCUT2D eigenvalue weighted by molar-refractivity contribution is -0.127. The van der Waals surface area contributed by atoms with Gasteiger partial charge in [0.05, 0.1) is 5.69 Å². The Morgan fingerprint density at radius 2 is 1.70 bits per heavy atom. The molecule has 1 heterocycles. The molecule has 2 amide bonds. The summed E-state index contributed by atoms with van der Waals surface area (Å²) in [6.45, 7) is 5.45. The molecule has 9 heteroatoms. The molecule has 0 saturated carbocycles. The molecule has 33 heavy (non-hydrogen) atoms. The van der Waals surface area contributed by atoms with E-state index in [1.54, 1.807) is 24.3 Å². The van der Waals surface area contributed by atoms with Crippen LogP contribution < -0.4 is 5.84 Å². The highest BCUT2D eigenvalue weighted by Gasteiger charge is 2.22. The predicted octanol–water partition coefficient (Wildman–Crippen LogP) is 5.05. The number of benzene rings is 2. The van der Waals surface area contributed by atoms with Crippen molar-refractivity contribution >= 4 is 29.4 Å².